The van der Waals surface area contributed by atoms with Gasteiger partial charge in [-0.3, -0.25) is 4.79 Å². The second-order valence-electron chi connectivity index (χ2n) is 4.75. The third-order valence-corrected chi connectivity index (χ3v) is 2.38. The average Bonchev–Trinajstić information content (AvgIpc) is 2.58. The molecule has 0 atom stereocenters. The molecule has 0 fully saturated rings. The lowest BCUT2D eigenvalue weighted by molar-refractivity contribution is 0.0993. The molecule has 1 amide bonds. The van der Waals surface area contributed by atoms with Gasteiger partial charge < -0.3 is 5.73 Å². The Morgan fingerprint density at radius 1 is 1.38 bits per heavy atom. The van der Waals surface area contributed by atoms with Crippen LogP contribution >= 0.6 is 0 Å². The Hall–Kier alpha value is -1.91. The number of aromatic nitrogens is 3. The molecule has 2 rings (SSSR count). The molecule has 0 aliphatic heterocycles. The van der Waals surface area contributed by atoms with Crippen molar-refractivity contribution in [3.8, 4) is 0 Å². The molecule has 0 saturated carbocycles. The Bertz CT molecular complexity index is 551. The second kappa shape index (κ2) is 3.30. The van der Waals surface area contributed by atoms with Crippen LogP contribution in [-0.2, 0) is 5.41 Å². The van der Waals surface area contributed by atoms with Gasteiger partial charge in [-0.1, -0.05) is 20.8 Å². The summed E-state index contributed by atoms with van der Waals surface area (Å²) in [6.45, 7) is 6.17. The summed E-state index contributed by atoms with van der Waals surface area (Å²) in [4.78, 5) is 15.2. The van der Waals surface area contributed by atoms with Crippen molar-refractivity contribution in [3.05, 3.63) is 29.7 Å². The van der Waals surface area contributed by atoms with E-state index in [0.29, 0.717) is 11.3 Å². The van der Waals surface area contributed by atoms with Gasteiger partial charge in [0.2, 0.25) is 0 Å². The predicted octanol–water partition coefficient (Wildman–Crippen LogP) is 1.13. The van der Waals surface area contributed by atoms with E-state index in [1.165, 1.54) is 10.7 Å². The molecule has 0 aliphatic carbocycles. The maximum Gasteiger partial charge on any atom is 0.269 e. The first-order valence-electron chi connectivity index (χ1n) is 5.04. The van der Waals surface area contributed by atoms with Crippen LogP contribution in [0.15, 0.2) is 18.3 Å². The summed E-state index contributed by atoms with van der Waals surface area (Å²) in [6.07, 6.45) is 1.44. The van der Waals surface area contributed by atoms with Gasteiger partial charge in [0.05, 0.1) is 11.9 Å². The zero-order valence-electron chi connectivity index (χ0n) is 9.56. The Kier molecular flexibility index (Phi) is 2.18. The number of hydrogen-bond acceptors (Lipinski definition) is 3. The fourth-order valence-corrected chi connectivity index (χ4v) is 1.44. The lowest BCUT2D eigenvalue weighted by Gasteiger charge is -2.17. The molecule has 5 heteroatoms. The molecule has 0 saturated heterocycles. The highest BCUT2D eigenvalue weighted by Crippen LogP contribution is 2.20. The Labute approximate surface area is 93.3 Å². The summed E-state index contributed by atoms with van der Waals surface area (Å²) in [5, 5.41) is 4.38. The average molecular weight is 218 g/mol. The molecule has 0 bridgehead atoms. The highest BCUT2D eigenvalue weighted by atomic mass is 16.1. The van der Waals surface area contributed by atoms with E-state index in [1.807, 2.05) is 12.1 Å². The summed E-state index contributed by atoms with van der Waals surface area (Å²) in [5.74, 6) is -0.522. The quantitative estimate of drug-likeness (QED) is 0.779. The van der Waals surface area contributed by atoms with Gasteiger partial charge in [0.15, 0.2) is 5.65 Å². The van der Waals surface area contributed by atoms with Gasteiger partial charge in [0.25, 0.3) is 5.91 Å². The summed E-state index contributed by atoms with van der Waals surface area (Å²) in [7, 11) is 0. The molecule has 0 aliphatic rings. The van der Waals surface area contributed by atoms with Crippen molar-refractivity contribution in [2.45, 2.75) is 26.2 Å². The van der Waals surface area contributed by atoms with Crippen molar-refractivity contribution in [3.63, 3.8) is 0 Å². The Morgan fingerprint density at radius 2 is 2.06 bits per heavy atom. The van der Waals surface area contributed by atoms with Gasteiger partial charge in [-0.05, 0) is 12.1 Å². The number of nitrogens with two attached hydrogens (primary N) is 1. The zero-order valence-corrected chi connectivity index (χ0v) is 9.56. The van der Waals surface area contributed by atoms with Crippen LogP contribution in [-0.4, -0.2) is 20.5 Å². The van der Waals surface area contributed by atoms with Gasteiger partial charge in [-0.25, -0.2) is 9.50 Å². The fraction of sp³-hybridized carbons (Fsp3) is 0.364. The molecule has 5 nitrogen and oxygen atoms in total. The summed E-state index contributed by atoms with van der Waals surface area (Å²) >= 11 is 0. The van der Waals surface area contributed by atoms with Crippen LogP contribution in [0.4, 0.5) is 0 Å². The maximum atomic E-state index is 11.2. The number of nitrogens with zero attached hydrogens (tertiary/aromatic N) is 3. The molecular weight excluding hydrogens is 204 g/mol. The minimum Gasteiger partial charge on any atom is -0.364 e. The first-order chi connectivity index (χ1) is 7.39. The maximum absolute atomic E-state index is 11.2. The zero-order chi connectivity index (χ0) is 11.9. The van der Waals surface area contributed by atoms with E-state index in [2.05, 4.69) is 30.9 Å². The summed E-state index contributed by atoms with van der Waals surface area (Å²) in [5.41, 5.74) is 6.99. The van der Waals surface area contributed by atoms with Crippen molar-refractivity contribution < 1.29 is 4.79 Å². The van der Waals surface area contributed by atoms with E-state index >= 15 is 0 Å². The SMILES string of the molecule is CC(C)(C)c1ccc2ncc(C(N)=O)n2n1. The third-order valence-electron chi connectivity index (χ3n) is 2.38. The van der Waals surface area contributed by atoms with E-state index < -0.39 is 5.91 Å². The molecule has 0 spiro atoms. The van der Waals surface area contributed by atoms with E-state index in [1.54, 1.807) is 0 Å². The number of imidazole rings is 1. The summed E-state index contributed by atoms with van der Waals surface area (Å²) < 4.78 is 1.49. The Morgan fingerprint density at radius 3 is 2.62 bits per heavy atom. The number of carbonyl (C=O) groups is 1. The highest BCUT2D eigenvalue weighted by Gasteiger charge is 2.18. The predicted molar refractivity (Wildman–Crippen MR) is 60.2 cm³/mol. The van der Waals surface area contributed by atoms with Crippen LogP contribution in [0.1, 0.15) is 37.0 Å². The minimum atomic E-state index is -0.522. The van der Waals surface area contributed by atoms with Gasteiger partial charge in [0.1, 0.15) is 5.69 Å². The van der Waals surface area contributed by atoms with Gasteiger partial charge >= 0.3 is 0 Å². The number of amides is 1. The molecule has 0 aromatic carbocycles. The van der Waals surface area contributed by atoms with E-state index in [4.69, 9.17) is 5.73 Å². The molecule has 0 radical (unpaired) electrons. The Balaban J connectivity index is 2.68. The van der Waals surface area contributed by atoms with Crippen molar-refractivity contribution in [2.24, 2.45) is 5.73 Å². The van der Waals surface area contributed by atoms with Gasteiger partial charge in [-0.15, -0.1) is 0 Å². The lowest BCUT2D eigenvalue weighted by Crippen LogP contribution is -2.19. The first kappa shape index (κ1) is 10.6. The summed E-state index contributed by atoms with van der Waals surface area (Å²) in [6, 6.07) is 3.74. The molecule has 0 unspecified atom stereocenters. The highest BCUT2D eigenvalue weighted by molar-refractivity contribution is 5.91. The van der Waals surface area contributed by atoms with Crippen LogP contribution in [0, 0.1) is 0 Å². The smallest absolute Gasteiger partial charge is 0.269 e. The van der Waals surface area contributed by atoms with E-state index in [9.17, 15) is 4.79 Å². The number of primary amides is 1. The minimum absolute atomic E-state index is 0.0760. The molecule has 2 aromatic heterocycles. The van der Waals surface area contributed by atoms with Crippen LogP contribution in [0.2, 0.25) is 0 Å². The fourth-order valence-electron chi connectivity index (χ4n) is 1.44. The van der Waals surface area contributed by atoms with Gasteiger partial charge in [0, 0.05) is 5.41 Å². The lowest BCUT2D eigenvalue weighted by atomic mass is 9.92. The van der Waals surface area contributed by atoms with E-state index in [0.717, 1.165) is 5.69 Å². The second-order valence-corrected chi connectivity index (χ2v) is 4.75. The number of hydrogen-bond donors (Lipinski definition) is 1. The molecule has 84 valence electrons. The normalized spacial score (nSPS) is 11.9. The molecular formula is C11H14N4O. The molecule has 2 aromatic rings. The monoisotopic (exact) mass is 218 g/mol. The van der Waals surface area contributed by atoms with Crippen molar-refractivity contribution in [1.29, 1.82) is 0 Å². The molecule has 2 N–H and O–H groups in total. The largest absolute Gasteiger partial charge is 0.364 e. The van der Waals surface area contributed by atoms with Crippen LogP contribution in [0.5, 0.6) is 0 Å². The van der Waals surface area contributed by atoms with Crippen LogP contribution in [0.3, 0.4) is 0 Å². The van der Waals surface area contributed by atoms with Crippen LogP contribution in [0.25, 0.3) is 5.65 Å². The molecule has 16 heavy (non-hydrogen) atoms. The topological polar surface area (TPSA) is 73.3 Å². The number of carbonyl (C=O) groups excluding carboxylic acids is 1. The first-order valence-corrected chi connectivity index (χ1v) is 5.04. The number of rotatable bonds is 1. The van der Waals surface area contributed by atoms with Crippen LogP contribution < -0.4 is 5.73 Å². The standard InChI is InChI=1S/C11H14N4O/c1-11(2,3)8-4-5-9-13-6-7(10(12)16)15(9)14-8/h4-6H,1-3H3,(H2,12,16). The number of fused-ring (bicyclic) bond motifs is 1. The molecule has 2 heterocycles. The van der Waals surface area contributed by atoms with Gasteiger partial charge in [-0.2, -0.15) is 5.10 Å². The van der Waals surface area contributed by atoms with Crippen molar-refractivity contribution in [2.75, 3.05) is 0 Å². The van der Waals surface area contributed by atoms with E-state index in [-0.39, 0.29) is 5.41 Å². The van der Waals surface area contributed by atoms with Crippen molar-refractivity contribution in [1.82, 2.24) is 14.6 Å². The van der Waals surface area contributed by atoms with Crippen molar-refractivity contribution >= 4 is 11.6 Å². The third kappa shape index (κ3) is 1.64.